The van der Waals surface area contributed by atoms with Crippen molar-refractivity contribution in [1.29, 1.82) is 0 Å². The minimum atomic E-state index is -4.99. The van der Waals surface area contributed by atoms with Crippen LogP contribution in [0.15, 0.2) is 35.7 Å². The number of aromatic nitrogens is 4. The average Bonchev–Trinajstić information content (AvgIpc) is 3.40. The Labute approximate surface area is 181 Å². The highest BCUT2D eigenvalue weighted by Crippen LogP contribution is 2.34. The molecule has 15 heteroatoms. The van der Waals surface area contributed by atoms with Crippen LogP contribution in [-0.4, -0.2) is 38.4 Å². The molecule has 166 valence electrons. The Balaban J connectivity index is 1.65. The van der Waals surface area contributed by atoms with Crippen LogP contribution in [0.2, 0.25) is 5.02 Å². The SMILES string of the molecule is Nc1nc(-n2ncc(C(=O)Nc3cnc(N4N=CCN4)c(Cl)c3)c2C(F)(F)F)ccc1F. The monoisotopic (exact) mass is 469 g/mol. The Morgan fingerprint density at radius 3 is 2.69 bits per heavy atom. The molecule has 0 bridgehead atoms. The van der Waals surface area contributed by atoms with E-state index in [4.69, 9.17) is 17.3 Å². The van der Waals surface area contributed by atoms with Crippen LogP contribution in [0.5, 0.6) is 0 Å². The molecule has 0 spiro atoms. The highest BCUT2D eigenvalue weighted by atomic mass is 35.5. The largest absolute Gasteiger partial charge is 0.434 e. The maximum absolute atomic E-state index is 13.8. The van der Waals surface area contributed by atoms with Crippen molar-refractivity contribution >= 4 is 41.0 Å². The predicted octanol–water partition coefficient (Wildman–Crippen LogP) is 2.62. The van der Waals surface area contributed by atoms with Crippen molar-refractivity contribution in [3.8, 4) is 5.82 Å². The van der Waals surface area contributed by atoms with Crippen LogP contribution in [-0.2, 0) is 6.18 Å². The van der Waals surface area contributed by atoms with Gasteiger partial charge in [-0.3, -0.25) is 4.79 Å². The number of rotatable bonds is 4. The van der Waals surface area contributed by atoms with Crippen LogP contribution in [0.4, 0.5) is 34.9 Å². The van der Waals surface area contributed by atoms with Crippen LogP contribution < -0.4 is 21.6 Å². The van der Waals surface area contributed by atoms with Crippen molar-refractivity contribution < 1.29 is 22.4 Å². The number of hydrazone groups is 1. The fraction of sp³-hybridized carbons (Fsp3) is 0.118. The summed E-state index contributed by atoms with van der Waals surface area (Å²) in [6.45, 7) is 0.468. The lowest BCUT2D eigenvalue weighted by Gasteiger charge is -2.15. The molecule has 1 aliphatic rings. The molecule has 0 radical (unpaired) electrons. The number of amides is 1. The number of alkyl halides is 3. The highest BCUT2D eigenvalue weighted by molar-refractivity contribution is 6.33. The number of carbonyl (C=O) groups is 1. The van der Waals surface area contributed by atoms with E-state index in [1.54, 1.807) is 6.21 Å². The van der Waals surface area contributed by atoms with Crippen molar-refractivity contribution in [3.05, 3.63) is 52.7 Å². The molecule has 32 heavy (non-hydrogen) atoms. The molecular weight excluding hydrogens is 458 g/mol. The first-order valence-electron chi connectivity index (χ1n) is 8.75. The molecular formula is C17H12ClF4N9O. The van der Waals surface area contributed by atoms with E-state index in [2.05, 4.69) is 30.9 Å². The Morgan fingerprint density at radius 1 is 1.28 bits per heavy atom. The number of hydrogen-bond donors (Lipinski definition) is 3. The second-order valence-electron chi connectivity index (χ2n) is 6.31. The summed E-state index contributed by atoms with van der Waals surface area (Å²) in [7, 11) is 0. The van der Waals surface area contributed by atoms with Gasteiger partial charge in [-0.05, 0) is 18.2 Å². The number of hydrogen-bond acceptors (Lipinski definition) is 8. The molecule has 0 atom stereocenters. The standard InChI is InChI=1S/C17H12ClF4N9O/c18-10-5-8(6-24-15(10)31-25-3-4-26-31)28-16(32)9-7-27-30(13(9)17(20,21)22)12-2-1-11(19)14(23)29-12/h1-3,5-7,26H,4H2,(H2,23,29)(H,28,32). The van der Waals surface area contributed by atoms with Gasteiger partial charge in [-0.15, -0.1) is 0 Å². The summed E-state index contributed by atoms with van der Waals surface area (Å²) in [4.78, 5) is 20.2. The normalized spacial score (nSPS) is 13.6. The van der Waals surface area contributed by atoms with E-state index in [9.17, 15) is 22.4 Å². The number of hydrazine groups is 1. The smallest absolute Gasteiger partial charge is 0.381 e. The fourth-order valence-corrected chi connectivity index (χ4v) is 3.05. The lowest BCUT2D eigenvalue weighted by molar-refractivity contribution is -0.143. The summed E-state index contributed by atoms with van der Waals surface area (Å²) in [5.41, 5.74) is 6.01. The van der Waals surface area contributed by atoms with E-state index in [0.717, 1.165) is 12.1 Å². The minimum absolute atomic E-state index is 0.0388. The average molecular weight is 470 g/mol. The number of nitrogen functional groups attached to an aromatic ring is 1. The second kappa shape index (κ2) is 8.05. The third kappa shape index (κ3) is 4.04. The third-order valence-corrected chi connectivity index (χ3v) is 4.45. The predicted molar refractivity (Wildman–Crippen MR) is 107 cm³/mol. The summed E-state index contributed by atoms with van der Waals surface area (Å²) in [5.74, 6) is -2.82. The van der Waals surface area contributed by atoms with E-state index >= 15 is 0 Å². The van der Waals surface area contributed by atoms with Gasteiger partial charge in [-0.25, -0.2) is 24.5 Å². The van der Waals surface area contributed by atoms with Gasteiger partial charge in [0.1, 0.15) is 0 Å². The van der Waals surface area contributed by atoms with Crippen molar-refractivity contribution in [2.45, 2.75) is 6.18 Å². The van der Waals surface area contributed by atoms with Crippen molar-refractivity contribution in [3.63, 3.8) is 0 Å². The number of nitrogens with zero attached hydrogens (tertiary/aromatic N) is 6. The number of nitrogens with two attached hydrogens (primary N) is 1. The summed E-state index contributed by atoms with van der Waals surface area (Å²) in [6, 6.07) is 3.10. The quantitative estimate of drug-likeness (QED) is 0.501. The highest BCUT2D eigenvalue weighted by Gasteiger charge is 2.41. The number of pyridine rings is 2. The number of nitrogens with one attached hydrogen (secondary N) is 2. The van der Waals surface area contributed by atoms with Crippen molar-refractivity contribution in [1.82, 2.24) is 25.2 Å². The first kappa shape index (κ1) is 21.5. The first-order chi connectivity index (χ1) is 15.1. The molecule has 3 aromatic rings. The van der Waals surface area contributed by atoms with Gasteiger partial charge in [-0.2, -0.15) is 28.5 Å². The topological polar surface area (TPSA) is 126 Å². The van der Waals surface area contributed by atoms with E-state index in [1.165, 1.54) is 17.4 Å². The number of anilines is 3. The van der Waals surface area contributed by atoms with Gasteiger partial charge >= 0.3 is 6.18 Å². The van der Waals surface area contributed by atoms with Crippen LogP contribution in [0, 0.1) is 5.82 Å². The van der Waals surface area contributed by atoms with Crippen LogP contribution in [0.3, 0.4) is 0 Å². The van der Waals surface area contributed by atoms with Crippen LogP contribution in [0.25, 0.3) is 5.82 Å². The number of halogens is 5. The maximum atomic E-state index is 13.8. The molecule has 4 heterocycles. The molecule has 0 aliphatic carbocycles. The Hall–Kier alpha value is -3.78. The van der Waals surface area contributed by atoms with Gasteiger partial charge < -0.3 is 11.1 Å². The molecule has 1 amide bonds. The molecule has 4 N–H and O–H groups in total. The zero-order valence-corrected chi connectivity index (χ0v) is 16.5. The van der Waals surface area contributed by atoms with Gasteiger partial charge in [0.05, 0.1) is 35.2 Å². The van der Waals surface area contributed by atoms with E-state index < -0.39 is 40.8 Å². The summed E-state index contributed by atoms with van der Waals surface area (Å²) in [5, 5.41) is 11.3. The van der Waals surface area contributed by atoms with E-state index in [1.807, 2.05) is 0 Å². The molecule has 0 fully saturated rings. The molecule has 3 aromatic heterocycles. The third-order valence-electron chi connectivity index (χ3n) is 4.17. The van der Waals surface area contributed by atoms with Gasteiger partial charge in [0.25, 0.3) is 5.91 Å². The van der Waals surface area contributed by atoms with Gasteiger partial charge in [0.2, 0.25) is 0 Å². The second-order valence-corrected chi connectivity index (χ2v) is 6.72. The first-order valence-corrected chi connectivity index (χ1v) is 9.13. The Kier molecular flexibility index (Phi) is 5.40. The summed E-state index contributed by atoms with van der Waals surface area (Å²) >= 11 is 6.14. The van der Waals surface area contributed by atoms with Gasteiger partial charge in [0.15, 0.2) is 29.0 Å². The summed E-state index contributed by atoms with van der Waals surface area (Å²) in [6.07, 6.45) is -1.50. The Bertz CT molecular complexity index is 1230. The Morgan fingerprint density at radius 2 is 2.06 bits per heavy atom. The molecule has 0 unspecified atom stereocenters. The van der Waals surface area contributed by atoms with Crippen LogP contribution in [0.1, 0.15) is 16.1 Å². The molecule has 1 aliphatic heterocycles. The molecule has 10 nitrogen and oxygen atoms in total. The number of carbonyl (C=O) groups excluding carboxylic acids is 1. The molecule has 0 aromatic carbocycles. The zero-order chi connectivity index (χ0) is 23.0. The fourth-order valence-electron chi connectivity index (χ4n) is 2.80. The van der Waals surface area contributed by atoms with Crippen LogP contribution >= 0.6 is 11.6 Å². The van der Waals surface area contributed by atoms with Crippen molar-refractivity contribution in [2.24, 2.45) is 5.10 Å². The molecule has 0 saturated carbocycles. The van der Waals surface area contributed by atoms with Gasteiger partial charge in [-0.1, -0.05) is 11.6 Å². The lowest BCUT2D eigenvalue weighted by atomic mass is 10.2. The van der Waals surface area contributed by atoms with E-state index in [-0.39, 0.29) is 16.5 Å². The molecule has 4 rings (SSSR count). The summed E-state index contributed by atoms with van der Waals surface area (Å²) < 4.78 is 55.0. The molecule has 0 saturated heterocycles. The van der Waals surface area contributed by atoms with Crippen molar-refractivity contribution in [2.75, 3.05) is 22.7 Å². The zero-order valence-electron chi connectivity index (χ0n) is 15.7. The maximum Gasteiger partial charge on any atom is 0.434 e. The van der Waals surface area contributed by atoms with Gasteiger partial charge in [0, 0.05) is 6.21 Å². The lowest BCUT2D eigenvalue weighted by Crippen LogP contribution is -2.29. The van der Waals surface area contributed by atoms with E-state index in [0.29, 0.717) is 17.4 Å². The minimum Gasteiger partial charge on any atom is -0.381 e.